The molecule has 0 radical (unpaired) electrons. The van der Waals surface area contributed by atoms with Gasteiger partial charge in [-0.3, -0.25) is 4.79 Å². The highest BCUT2D eigenvalue weighted by Crippen LogP contribution is 2.16. The van der Waals surface area contributed by atoms with Gasteiger partial charge in [0.05, 0.1) is 7.11 Å². The average molecular weight is 286 g/mol. The van der Waals surface area contributed by atoms with Gasteiger partial charge in [-0.25, -0.2) is 9.59 Å². The number of nitrogens with one attached hydrogen (secondary N) is 1. The molecule has 0 saturated carbocycles. The molecule has 0 bridgehead atoms. The number of hydrogen-bond acceptors (Lipinski definition) is 4. The zero-order valence-corrected chi connectivity index (χ0v) is 11.9. The van der Waals surface area contributed by atoms with Crippen LogP contribution in [0.4, 0.5) is 4.79 Å². The number of urea groups is 1. The highest BCUT2D eigenvalue weighted by Gasteiger charge is 2.26. The number of amides is 2. The highest BCUT2D eigenvalue weighted by atomic mass is 16.5. The first-order valence-electron chi connectivity index (χ1n) is 6.79. The number of rotatable bonds is 5. The van der Waals surface area contributed by atoms with Crippen LogP contribution in [-0.2, 0) is 14.3 Å². The quantitative estimate of drug-likeness (QED) is 0.730. The maximum absolute atomic E-state index is 12.0. The zero-order chi connectivity index (χ0) is 15.1. The third-order valence-corrected chi connectivity index (χ3v) is 3.53. The first kappa shape index (κ1) is 16.3. The van der Waals surface area contributed by atoms with Gasteiger partial charge in [0.1, 0.15) is 6.04 Å². The van der Waals surface area contributed by atoms with Gasteiger partial charge in [0, 0.05) is 19.5 Å². The molecule has 1 aliphatic rings. The number of carboxylic acid groups (broad SMARTS) is 1. The van der Waals surface area contributed by atoms with Gasteiger partial charge in [-0.1, -0.05) is 6.92 Å². The summed E-state index contributed by atoms with van der Waals surface area (Å²) in [6.45, 7) is 3.40. The summed E-state index contributed by atoms with van der Waals surface area (Å²) in [5, 5.41) is 11.5. The van der Waals surface area contributed by atoms with Crippen LogP contribution in [0, 0.1) is 5.92 Å². The minimum absolute atomic E-state index is 0.0258. The number of carbonyl (C=O) groups is 3. The van der Waals surface area contributed by atoms with Crippen molar-refractivity contribution in [2.75, 3.05) is 20.2 Å². The van der Waals surface area contributed by atoms with Crippen LogP contribution in [0.1, 0.15) is 32.6 Å². The second-order valence-electron chi connectivity index (χ2n) is 5.12. The standard InChI is InChI=1S/C13H22N2O5/c1-9-5-7-15(8-6-9)13(19)14-10(12(17)18)3-4-11(16)20-2/h9-10H,3-8H2,1-2H3,(H,14,19)(H,17,18)/t10-/m1/s1. The van der Waals surface area contributed by atoms with Crippen LogP contribution in [0.25, 0.3) is 0 Å². The van der Waals surface area contributed by atoms with Gasteiger partial charge in [-0.05, 0) is 25.2 Å². The molecule has 2 N–H and O–H groups in total. The van der Waals surface area contributed by atoms with E-state index in [1.165, 1.54) is 7.11 Å². The number of ether oxygens (including phenoxy) is 1. The van der Waals surface area contributed by atoms with Crippen molar-refractivity contribution < 1.29 is 24.2 Å². The number of methoxy groups -OCH3 is 1. The highest BCUT2D eigenvalue weighted by molar-refractivity contribution is 5.83. The van der Waals surface area contributed by atoms with Gasteiger partial charge in [0.15, 0.2) is 0 Å². The Morgan fingerprint density at radius 3 is 2.45 bits per heavy atom. The zero-order valence-electron chi connectivity index (χ0n) is 11.9. The molecule has 1 aliphatic heterocycles. The molecule has 0 aliphatic carbocycles. The van der Waals surface area contributed by atoms with E-state index in [2.05, 4.69) is 17.0 Å². The van der Waals surface area contributed by atoms with E-state index in [4.69, 9.17) is 5.11 Å². The molecule has 7 nitrogen and oxygen atoms in total. The Bertz CT molecular complexity index is 364. The normalized spacial score (nSPS) is 17.4. The molecule has 1 fully saturated rings. The lowest BCUT2D eigenvalue weighted by atomic mass is 9.99. The molecular weight excluding hydrogens is 264 g/mol. The summed E-state index contributed by atoms with van der Waals surface area (Å²) in [5.41, 5.74) is 0. The van der Waals surface area contributed by atoms with Gasteiger partial charge >= 0.3 is 18.0 Å². The molecular formula is C13H22N2O5. The van der Waals surface area contributed by atoms with Crippen molar-refractivity contribution in [1.82, 2.24) is 10.2 Å². The van der Waals surface area contributed by atoms with Gasteiger partial charge in [0.25, 0.3) is 0 Å². The third kappa shape index (κ3) is 5.07. The van der Waals surface area contributed by atoms with Crippen molar-refractivity contribution in [3.63, 3.8) is 0 Å². The van der Waals surface area contributed by atoms with Gasteiger partial charge < -0.3 is 20.1 Å². The molecule has 0 aromatic rings. The summed E-state index contributed by atoms with van der Waals surface area (Å²) < 4.78 is 4.46. The molecule has 20 heavy (non-hydrogen) atoms. The fraction of sp³-hybridized carbons (Fsp3) is 0.769. The van der Waals surface area contributed by atoms with Crippen molar-refractivity contribution in [2.24, 2.45) is 5.92 Å². The van der Waals surface area contributed by atoms with Crippen molar-refractivity contribution >= 4 is 18.0 Å². The van der Waals surface area contributed by atoms with E-state index in [0.29, 0.717) is 19.0 Å². The van der Waals surface area contributed by atoms with E-state index in [9.17, 15) is 14.4 Å². The number of hydrogen-bond donors (Lipinski definition) is 2. The molecule has 1 rings (SSSR count). The molecule has 7 heteroatoms. The SMILES string of the molecule is COC(=O)CC[C@@H](NC(=O)N1CCC(C)CC1)C(=O)O. The largest absolute Gasteiger partial charge is 0.480 e. The second kappa shape index (κ2) is 7.72. The maximum Gasteiger partial charge on any atom is 0.326 e. The van der Waals surface area contributed by atoms with E-state index >= 15 is 0 Å². The minimum atomic E-state index is -1.15. The van der Waals surface area contributed by atoms with Crippen molar-refractivity contribution in [3.8, 4) is 0 Å². The fourth-order valence-corrected chi connectivity index (χ4v) is 2.07. The van der Waals surface area contributed by atoms with Crippen LogP contribution in [0.15, 0.2) is 0 Å². The molecule has 0 aromatic carbocycles. The first-order valence-corrected chi connectivity index (χ1v) is 6.79. The predicted molar refractivity (Wildman–Crippen MR) is 71.2 cm³/mol. The summed E-state index contributed by atoms with van der Waals surface area (Å²) in [7, 11) is 1.24. The molecule has 1 atom stereocenters. The Kier molecular flexibility index (Phi) is 6.27. The van der Waals surface area contributed by atoms with Crippen molar-refractivity contribution in [1.29, 1.82) is 0 Å². The minimum Gasteiger partial charge on any atom is -0.480 e. The molecule has 0 spiro atoms. The number of carboxylic acids is 1. The number of nitrogens with zero attached hydrogens (tertiary/aromatic N) is 1. The van der Waals surface area contributed by atoms with E-state index in [-0.39, 0.29) is 18.9 Å². The van der Waals surface area contributed by atoms with Crippen molar-refractivity contribution in [2.45, 2.75) is 38.6 Å². The van der Waals surface area contributed by atoms with Crippen LogP contribution < -0.4 is 5.32 Å². The van der Waals surface area contributed by atoms with Crippen LogP contribution in [0.3, 0.4) is 0 Å². The maximum atomic E-state index is 12.0. The average Bonchev–Trinajstić information content (AvgIpc) is 2.43. The smallest absolute Gasteiger partial charge is 0.326 e. The molecule has 2 amide bonds. The van der Waals surface area contributed by atoms with Gasteiger partial charge in [-0.15, -0.1) is 0 Å². The van der Waals surface area contributed by atoms with E-state index in [1.54, 1.807) is 4.90 Å². The lowest BCUT2D eigenvalue weighted by Gasteiger charge is -2.31. The Labute approximate surface area is 118 Å². The Hall–Kier alpha value is -1.79. The summed E-state index contributed by atoms with van der Waals surface area (Å²) in [6, 6.07) is -1.45. The third-order valence-electron chi connectivity index (χ3n) is 3.53. The Morgan fingerprint density at radius 2 is 1.95 bits per heavy atom. The predicted octanol–water partition coefficient (Wildman–Crippen LogP) is 0.834. The topological polar surface area (TPSA) is 95.9 Å². The molecule has 1 heterocycles. The Morgan fingerprint density at radius 1 is 1.35 bits per heavy atom. The Balaban J connectivity index is 2.46. The molecule has 114 valence electrons. The van der Waals surface area contributed by atoms with Gasteiger partial charge in [0.2, 0.25) is 0 Å². The summed E-state index contributed by atoms with van der Waals surface area (Å²) in [4.78, 5) is 35.7. The number of piperidine rings is 1. The number of likely N-dealkylation sites (tertiary alicyclic amines) is 1. The van der Waals surface area contributed by atoms with Crippen LogP contribution in [0.2, 0.25) is 0 Å². The number of esters is 1. The van der Waals surface area contributed by atoms with Crippen LogP contribution >= 0.6 is 0 Å². The van der Waals surface area contributed by atoms with Crippen LogP contribution in [-0.4, -0.2) is 54.2 Å². The number of carbonyl (C=O) groups excluding carboxylic acids is 2. The second-order valence-corrected chi connectivity index (χ2v) is 5.12. The summed E-state index contributed by atoms with van der Waals surface area (Å²) in [5.74, 6) is -1.04. The molecule has 0 aromatic heterocycles. The fourth-order valence-electron chi connectivity index (χ4n) is 2.07. The summed E-state index contributed by atoms with van der Waals surface area (Å²) >= 11 is 0. The van der Waals surface area contributed by atoms with E-state index in [0.717, 1.165) is 12.8 Å². The molecule has 1 saturated heterocycles. The van der Waals surface area contributed by atoms with Crippen LogP contribution in [0.5, 0.6) is 0 Å². The van der Waals surface area contributed by atoms with E-state index in [1.807, 2.05) is 0 Å². The monoisotopic (exact) mass is 286 g/mol. The van der Waals surface area contributed by atoms with Gasteiger partial charge in [-0.2, -0.15) is 0 Å². The first-order chi connectivity index (χ1) is 9.43. The lowest BCUT2D eigenvalue weighted by molar-refractivity contribution is -0.142. The molecule has 0 unspecified atom stereocenters. The number of aliphatic carboxylic acids is 1. The summed E-state index contributed by atoms with van der Waals surface area (Å²) in [6.07, 6.45) is 1.84. The lowest BCUT2D eigenvalue weighted by Crippen LogP contribution is -2.50. The van der Waals surface area contributed by atoms with Crippen molar-refractivity contribution in [3.05, 3.63) is 0 Å². The van der Waals surface area contributed by atoms with E-state index < -0.39 is 18.0 Å².